The molecular weight excluding hydrogens is 522 g/mol. The largest absolute Gasteiger partial charge is 0.479 e. The molecule has 0 aromatic heterocycles. The van der Waals surface area contributed by atoms with Crippen LogP contribution in [0.4, 0.5) is 16.2 Å². The van der Waals surface area contributed by atoms with Crippen molar-refractivity contribution in [2.24, 2.45) is 0 Å². The molecule has 1 atom stereocenters. The Morgan fingerprint density at radius 3 is 2.05 bits per heavy atom. The first-order valence-electron chi connectivity index (χ1n) is 13.8. The molecule has 0 heterocycles. The van der Waals surface area contributed by atoms with Gasteiger partial charge in [-0.05, 0) is 85.3 Å². The van der Waals surface area contributed by atoms with Gasteiger partial charge in [-0.3, -0.25) is 14.5 Å². The molecule has 214 valence electrons. The molecule has 0 bridgehead atoms. The van der Waals surface area contributed by atoms with Crippen LogP contribution >= 0.6 is 0 Å². The van der Waals surface area contributed by atoms with E-state index in [-0.39, 0.29) is 18.4 Å². The summed E-state index contributed by atoms with van der Waals surface area (Å²) < 4.78 is 0. The van der Waals surface area contributed by atoms with Gasteiger partial charge in [0.05, 0.1) is 13.1 Å². The molecule has 4 N–H and O–H groups in total. The predicted octanol–water partition coefficient (Wildman–Crippen LogP) is 5.35. The van der Waals surface area contributed by atoms with Crippen molar-refractivity contribution in [3.8, 4) is 0 Å². The number of carboxylic acids is 1. The number of benzene rings is 3. The Kier molecular flexibility index (Phi) is 9.86. The van der Waals surface area contributed by atoms with E-state index in [9.17, 15) is 24.3 Å². The van der Waals surface area contributed by atoms with Crippen molar-refractivity contribution in [1.29, 1.82) is 0 Å². The Labute approximate surface area is 239 Å². The molecule has 4 rings (SSSR count). The van der Waals surface area contributed by atoms with E-state index in [1.807, 2.05) is 12.1 Å². The molecule has 3 aromatic carbocycles. The maximum absolute atomic E-state index is 13.5. The van der Waals surface area contributed by atoms with E-state index in [1.54, 1.807) is 53.4 Å². The van der Waals surface area contributed by atoms with Gasteiger partial charge in [-0.25, -0.2) is 9.59 Å². The average molecular weight is 558 g/mol. The first-order valence-corrected chi connectivity index (χ1v) is 13.8. The van der Waals surface area contributed by atoms with Crippen LogP contribution in [0.25, 0.3) is 0 Å². The maximum Gasteiger partial charge on any atom is 0.334 e. The van der Waals surface area contributed by atoms with Crippen molar-refractivity contribution >= 4 is 35.1 Å². The molecule has 1 aliphatic carbocycles. The summed E-state index contributed by atoms with van der Waals surface area (Å²) in [7, 11) is 0. The highest BCUT2D eigenvalue weighted by Crippen LogP contribution is 2.33. The minimum absolute atomic E-state index is 0.0576. The second-order valence-electron chi connectivity index (χ2n) is 10.3. The van der Waals surface area contributed by atoms with E-state index < -0.39 is 24.5 Å². The zero-order valence-corrected chi connectivity index (χ0v) is 23.0. The number of carbonyl (C=O) groups excluding carboxylic acids is 3. The van der Waals surface area contributed by atoms with Gasteiger partial charge < -0.3 is 20.8 Å². The SMILES string of the molecule is CC(=O)c1ccc(NC(=O)N(Cc2ccc(C(=O)NCC(O)C(=O)O)cc2)c2ccc(C3CCCCC3)cc2)cc1. The Morgan fingerprint density at radius 1 is 0.854 bits per heavy atom. The van der Waals surface area contributed by atoms with E-state index in [2.05, 4.69) is 22.8 Å². The van der Waals surface area contributed by atoms with Crippen LogP contribution in [-0.2, 0) is 11.3 Å². The highest BCUT2D eigenvalue weighted by atomic mass is 16.4. The van der Waals surface area contributed by atoms with Crippen molar-refractivity contribution in [2.45, 2.75) is 57.6 Å². The molecule has 0 radical (unpaired) electrons. The quantitative estimate of drug-likeness (QED) is 0.248. The van der Waals surface area contributed by atoms with Crippen molar-refractivity contribution in [3.63, 3.8) is 0 Å². The van der Waals surface area contributed by atoms with Crippen LogP contribution in [0.1, 0.15) is 76.8 Å². The predicted molar refractivity (Wildman–Crippen MR) is 156 cm³/mol. The lowest BCUT2D eigenvalue weighted by Gasteiger charge is -2.26. The van der Waals surface area contributed by atoms with Gasteiger partial charge in [-0.15, -0.1) is 0 Å². The number of aliphatic carboxylic acids is 1. The minimum Gasteiger partial charge on any atom is -0.479 e. The molecule has 41 heavy (non-hydrogen) atoms. The van der Waals surface area contributed by atoms with Gasteiger partial charge in [-0.1, -0.05) is 43.5 Å². The summed E-state index contributed by atoms with van der Waals surface area (Å²) in [6, 6.07) is 21.1. The molecule has 3 amide bonds. The number of ketones is 1. The smallest absolute Gasteiger partial charge is 0.334 e. The average Bonchev–Trinajstić information content (AvgIpc) is 2.99. The van der Waals surface area contributed by atoms with Gasteiger partial charge >= 0.3 is 12.0 Å². The number of carbonyl (C=O) groups is 4. The van der Waals surface area contributed by atoms with Gasteiger partial charge in [0.2, 0.25) is 0 Å². The molecule has 0 saturated heterocycles. The zero-order valence-electron chi connectivity index (χ0n) is 23.0. The Bertz CT molecular complexity index is 1360. The Hall–Kier alpha value is -4.50. The Balaban J connectivity index is 1.51. The molecule has 0 aliphatic heterocycles. The van der Waals surface area contributed by atoms with Gasteiger partial charge in [0.1, 0.15) is 0 Å². The van der Waals surface area contributed by atoms with Crippen LogP contribution in [0.3, 0.4) is 0 Å². The molecule has 1 aliphatic rings. The summed E-state index contributed by atoms with van der Waals surface area (Å²) in [5.41, 5.74) is 4.17. The fourth-order valence-corrected chi connectivity index (χ4v) is 4.94. The number of carboxylic acid groups (broad SMARTS) is 1. The van der Waals surface area contributed by atoms with Crippen molar-refractivity contribution in [3.05, 3.63) is 95.1 Å². The Morgan fingerprint density at radius 2 is 1.46 bits per heavy atom. The summed E-state index contributed by atoms with van der Waals surface area (Å²) >= 11 is 0. The lowest BCUT2D eigenvalue weighted by molar-refractivity contribution is -0.146. The van der Waals surface area contributed by atoms with Gasteiger partial charge in [0, 0.05) is 22.5 Å². The fourth-order valence-electron chi connectivity index (χ4n) is 4.94. The van der Waals surface area contributed by atoms with Crippen LogP contribution < -0.4 is 15.5 Å². The summed E-state index contributed by atoms with van der Waals surface area (Å²) in [5, 5.41) is 23.5. The van der Waals surface area contributed by atoms with E-state index >= 15 is 0 Å². The van der Waals surface area contributed by atoms with Crippen molar-refractivity contribution in [1.82, 2.24) is 5.32 Å². The lowest BCUT2D eigenvalue weighted by Crippen LogP contribution is -2.36. The van der Waals surface area contributed by atoms with E-state index in [4.69, 9.17) is 5.11 Å². The third-order valence-electron chi connectivity index (χ3n) is 7.37. The maximum atomic E-state index is 13.5. The molecule has 0 spiro atoms. The van der Waals surface area contributed by atoms with Gasteiger partial charge in [0.25, 0.3) is 5.91 Å². The topological polar surface area (TPSA) is 136 Å². The second-order valence-corrected chi connectivity index (χ2v) is 10.3. The number of aliphatic hydroxyl groups is 1. The molecule has 1 unspecified atom stereocenters. The summed E-state index contributed by atoms with van der Waals surface area (Å²) in [4.78, 5) is 49.9. The number of rotatable bonds is 10. The first-order chi connectivity index (χ1) is 19.7. The van der Waals surface area contributed by atoms with Crippen LogP contribution in [0.5, 0.6) is 0 Å². The molecule has 3 aromatic rings. The monoisotopic (exact) mass is 557 g/mol. The number of nitrogens with one attached hydrogen (secondary N) is 2. The highest BCUT2D eigenvalue weighted by molar-refractivity contribution is 6.02. The normalized spacial score (nSPS) is 14.1. The third-order valence-corrected chi connectivity index (χ3v) is 7.37. The van der Waals surface area contributed by atoms with Crippen molar-refractivity contribution in [2.75, 3.05) is 16.8 Å². The van der Waals surface area contributed by atoms with Gasteiger partial charge in [0.15, 0.2) is 11.9 Å². The number of anilines is 2. The first kappa shape index (κ1) is 29.5. The van der Waals surface area contributed by atoms with Gasteiger partial charge in [-0.2, -0.15) is 0 Å². The zero-order chi connectivity index (χ0) is 29.4. The minimum atomic E-state index is -1.69. The van der Waals surface area contributed by atoms with Crippen molar-refractivity contribution < 1.29 is 29.4 Å². The van der Waals surface area contributed by atoms with E-state index in [0.717, 1.165) is 5.56 Å². The van der Waals surface area contributed by atoms with E-state index in [1.165, 1.54) is 44.6 Å². The number of urea groups is 1. The van der Waals surface area contributed by atoms with Crippen LogP contribution in [0, 0.1) is 0 Å². The molecule has 9 nitrogen and oxygen atoms in total. The third kappa shape index (κ3) is 8.02. The summed E-state index contributed by atoms with van der Waals surface area (Å²) in [6.07, 6.45) is 4.41. The number of hydrogen-bond donors (Lipinski definition) is 4. The molecule has 1 saturated carbocycles. The second kappa shape index (κ2) is 13.7. The number of hydrogen-bond acceptors (Lipinski definition) is 5. The number of amides is 3. The van der Waals surface area contributed by atoms with Crippen LogP contribution in [-0.4, -0.2) is 46.6 Å². The number of aliphatic hydroxyl groups excluding tert-OH is 1. The van der Waals surface area contributed by atoms with Crippen LogP contribution in [0.2, 0.25) is 0 Å². The highest BCUT2D eigenvalue weighted by Gasteiger charge is 2.20. The van der Waals surface area contributed by atoms with Crippen LogP contribution in [0.15, 0.2) is 72.8 Å². The summed E-state index contributed by atoms with van der Waals surface area (Å²) in [5.74, 6) is -1.45. The van der Waals surface area contributed by atoms with E-state index in [0.29, 0.717) is 28.4 Å². The molecule has 9 heteroatoms. The lowest BCUT2D eigenvalue weighted by atomic mass is 9.84. The standard InChI is InChI=1S/C32H35N3O6/c1-21(36)23-11-15-27(16-12-23)34-32(41)35(28-17-13-25(14-18-28)24-5-3-2-4-6-24)20-22-7-9-26(10-8-22)30(38)33-19-29(37)31(39)40/h7-18,24,29,37H,2-6,19-20H2,1H3,(H,33,38)(H,34,41)(H,39,40). The molecule has 1 fully saturated rings. The fraction of sp³-hybridized carbons (Fsp3) is 0.312. The number of Topliss-reactive ketones (excluding diaryl/α,β-unsaturated/α-hetero) is 1. The molecular formula is C32H35N3O6. The summed E-state index contributed by atoms with van der Waals surface area (Å²) in [6.45, 7) is 1.30. The number of nitrogens with zero attached hydrogens (tertiary/aromatic N) is 1.